The monoisotopic (exact) mass is 337 g/mol. The first-order chi connectivity index (χ1) is 12.2. The molecule has 0 saturated carbocycles. The molecule has 1 aromatic carbocycles. The van der Waals surface area contributed by atoms with Crippen molar-refractivity contribution in [2.24, 2.45) is 0 Å². The number of nitrogens with one attached hydrogen (secondary N) is 2. The van der Waals surface area contributed by atoms with Crippen LogP contribution in [0.15, 0.2) is 36.5 Å². The minimum absolute atomic E-state index is 0.0442. The fourth-order valence-corrected chi connectivity index (χ4v) is 3.31. The van der Waals surface area contributed by atoms with Gasteiger partial charge in [-0.15, -0.1) is 0 Å². The highest BCUT2D eigenvalue weighted by Crippen LogP contribution is 2.28. The topological polar surface area (TPSA) is 80.3 Å². The van der Waals surface area contributed by atoms with E-state index in [9.17, 15) is 9.59 Å². The molecule has 1 fully saturated rings. The molecule has 6 heteroatoms. The van der Waals surface area contributed by atoms with Crippen LogP contribution in [0, 0.1) is 0 Å². The number of benzene rings is 1. The predicted molar refractivity (Wildman–Crippen MR) is 92.2 cm³/mol. The Kier molecular flexibility index (Phi) is 4.19. The van der Waals surface area contributed by atoms with Crippen molar-refractivity contribution < 1.29 is 14.3 Å². The van der Waals surface area contributed by atoms with Crippen molar-refractivity contribution >= 4 is 11.8 Å². The van der Waals surface area contributed by atoms with Gasteiger partial charge in [-0.3, -0.25) is 14.6 Å². The first-order valence-corrected chi connectivity index (χ1v) is 8.47. The quantitative estimate of drug-likeness (QED) is 0.896. The average molecular weight is 337 g/mol. The third-order valence-corrected chi connectivity index (χ3v) is 4.71. The maximum absolute atomic E-state index is 12.3. The number of ether oxygens (including phenoxy) is 1. The number of aromatic nitrogens is 1. The van der Waals surface area contributed by atoms with Gasteiger partial charge >= 0.3 is 0 Å². The molecule has 1 saturated heterocycles. The van der Waals surface area contributed by atoms with E-state index in [1.54, 1.807) is 12.3 Å². The van der Waals surface area contributed by atoms with E-state index in [-0.39, 0.29) is 17.9 Å². The van der Waals surface area contributed by atoms with Crippen molar-refractivity contribution in [2.45, 2.75) is 25.4 Å². The molecular weight excluding hydrogens is 318 g/mol. The Morgan fingerprint density at radius 2 is 1.96 bits per heavy atom. The lowest BCUT2D eigenvalue weighted by Crippen LogP contribution is -2.39. The van der Waals surface area contributed by atoms with Crippen LogP contribution in [0.1, 0.15) is 39.3 Å². The van der Waals surface area contributed by atoms with Crippen molar-refractivity contribution in [2.75, 3.05) is 13.2 Å². The summed E-state index contributed by atoms with van der Waals surface area (Å²) in [7, 11) is 0. The summed E-state index contributed by atoms with van der Waals surface area (Å²) in [5.74, 6) is -0.203. The number of fused-ring (bicyclic) bond motifs is 1. The molecule has 6 nitrogen and oxygen atoms in total. The molecule has 0 radical (unpaired) electrons. The van der Waals surface area contributed by atoms with Crippen molar-refractivity contribution in [3.63, 3.8) is 0 Å². The summed E-state index contributed by atoms with van der Waals surface area (Å²) in [6.45, 7) is 1.89. The zero-order valence-corrected chi connectivity index (χ0v) is 13.7. The van der Waals surface area contributed by atoms with Crippen LogP contribution in [0.3, 0.4) is 0 Å². The van der Waals surface area contributed by atoms with Crippen LogP contribution in [0.25, 0.3) is 11.1 Å². The first-order valence-electron chi connectivity index (χ1n) is 8.47. The van der Waals surface area contributed by atoms with E-state index in [2.05, 4.69) is 15.6 Å². The van der Waals surface area contributed by atoms with Gasteiger partial charge in [0.2, 0.25) is 0 Å². The van der Waals surface area contributed by atoms with E-state index in [1.807, 2.05) is 24.3 Å². The number of nitrogens with zero attached hydrogens (tertiary/aromatic N) is 1. The highest BCUT2D eigenvalue weighted by Gasteiger charge is 2.22. The van der Waals surface area contributed by atoms with E-state index in [4.69, 9.17) is 4.74 Å². The van der Waals surface area contributed by atoms with Crippen molar-refractivity contribution in [1.29, 1.82) is 0 Å². The van der Waals surface area contributed by atoms with Crippen LogP contribution < -0.4 is 10.6 Å². The lowest BCUT2D eigenvalue weighted by molar-refractivity contribution is 0.0694. The van der Waals surface area contributed by atoms with Gasteiger partial charge in [0.1, 0.15) is 5.69 Å². The van der Waals surface area contributed by atoms with Gasteiger partial charge in [0.05, 0.1) is 0 Å². The smallest absolute Gasteiger partial charge is 0.270 e. The summed E-state index contributed by atoms with van der Waals surface area (Å²) >= 11 is 0. The van der Waals surface area contributed by atoms with Gasteiger partial charge in [0, 0.05) is 43.1 Å². The predicted octanol–water partition coefficient (Wildman–Crippen LogP) is 1.90. The number of hydrogen-bond acceptors (Lipinski definition) is 4. The summed E-state index contributed by atoms with van der Waals surface area (Å²) in [6.07, 6.45) is 3.36. The molecule has 0 spiro atoms. The zero-order chi connectivity index (χ0) is 17.2. The molecule has 0 atom stereocenters. The SMILES string of the molecule is O=C(NC1CCOCC1)c1ccc(-c2cccc3c2CNC3=O)cn1. The Morgan fingerprint density at radius 1 is 1.16 bits per heavy atom. The van der Waals surface area contributed by atoms with E-state index < -0.39 is 0 Å². The van der Waals surface area contributed by atoms with Gasteiger partial charge in [-0.1, -0.05) is 18.2 Å². The summed E-state index contributed by atoms with van der Waals surface area (Å²) in [6, 6.07) is 9.42. The largest absolute Gasteiger partial charge is 0.381 e. The molecule has 2 aliphatic heterocycles. The minimum atomic E-state index is -0.159. The molecule has 25 heavy (non-hydrogen) atoms. The van der Waals surface area contributed by atoms with Gasteiger partial charge in [-0.2, -0.15) is 0 Å². The second kappa shape index (κ2) is 6.64. The fraction of sp³-hybridized carbons (Fsp3) is 0.316. The maximum atomic E-state index is 12.3. The van der Waals surface area contributed by atoms with Crippen LogP contribution in [-0.4, -0.2) is 36.1 Å². The summed E-state index contributed by atoms with van der Waals surface area (Å²) in [4.78, 5) is 28.4. The molecule has 2 amide bonds. The molecule has 2 aliphatic rings. The van der Waals surface area contributed by atoms with Crippen LogP contribution in [-0.2, 0) is 11.3 Å². The van der Waals surface area contributed by atoms with Crippen LogP contribution in [0.5, 0.6) is 0 Å². The van der Waals surface area contributed by atoms with Crippen LogP contribution >= 0.6 is 0 Å². The van der Waals surface area contributed by atoms with Gasteiger partial charge in [-0.05, 0) is 36.1 Å². The molecular formula is C19H19N3O3. The molecule has 2 aromatic rings. The Hall–Kier alpha value is -2.73. The Labute approximate surface area is 145 Å². The summed E-state index contributed by atoms with van der Waals surface area (Å²) < 4.78 is 5.30. The van der Waals surface area contributed by atoms with Crippen molar-refractivity contribution in [3.8, 4) is 11.1 Å². The number of pyridine rings is 1. The molecule has 1 aromatic heterocycles. The molecule has 0 bridgehead atoms. The van der Waals surface area contributed by atoms with E-state index >= 15 is 0 Å². The van der Waals surface area contributed by atoms with Crippen molar-refractivity contribution in [3.05, 3.63) is 53.3 Å². The van der Waals surface area contributed by atoms with Crippen LogP contribution in [0.2, 0.25) is 0 Å². The van der Waals surface area contributed by atoms with E-state index in [0.29, 0.717) is 31.0 Å². The maximum Gasteiger partial charge on any atom is 0.270 e. The number of hydrogen-bond donors (Lipinski definition) is 2. The zero-order valence-electron chi connectivity index (χ0n) is 13.7. The second-order valence-electron chi connectivity index (χ2n) is 6.31. The Bertz CT molecular complexity index is 811. The van der Waals surface area contributed by atoms with Gasteiger partial charge in [-0.25, -0.2) is 0 Å². The molecule has 0 aliphatic carbocycles. The Morgan fingerprint density at radius 3 is 2.72 bits per heavy atom. The van der Waals surface area contributed by atoms with E-state index in [0.717, 1.165) is 29.5 Å². The second-order valence-corrected chi connectivity index (χ2v) is 6.31. The molecule has 0 unspecified atom stereocenters. The third-order valence-electron chi connectivity index (χ3n) is 4.71. The lowest BCUT2D eigenvalue weighted by atomic mass is 9.98. The minimum Gasteiger partial charge on any atom is -0.381 e. The highest BCUT2D eigenvalue weighted by molar-refractivity contribution is 6.00. The lowest BCUT2D eigenvalue weighted by Gasteiger charge is -2.22. The summed E-state index contributed by atoms with van der Waals surface area (Å²) in [5, 5.41) is 5.84. The fourth-order valence-electron chi connectivity index (χ4n) is 3.31. The number of rotatable bonds is 3. The molecule has 3 heterocycles. The number of carbonyl (C=O) groups is 2. The number of amides is 2. The Balaban J connectivity index is 1.53. The normalized spacial score (nSPS) is 17.0. The van der Waals surface area contributed by atoms with Gasteiger partial charge in [0.25, 0.3) is 11.8 Å². The standard InChI is InChI=1S/C19H19N3O3/c23-18-15-3-1-2-14(16(15)11-21-18)12-4-5-17(20-10-12)19(24)22-13-6-8-25-9-7-13/h1-5,10,13H,6-9,11H2,(H,21,23)(H,22,24). The van der Waals surface area contributed by atoms with Gasteiger partial charge in [0.15, 0.2) is 0 Å². The number of carbonyl (C=O) groups excluding carboxylic acids is 2. The molecule has 2 N–H and O–H groups in total. The van der Waals surface area contributed by atoms with Crippen LogP contribution in [0.4, 0.5) is 0 Å². The molecule has 4 rings (SSSR count). The van der Waals surface area contributed by atoms with E-state index in [1.165, 1.54) is 0 Å². The third kappa shape index (κ3) is 3.13. The molecule has 128 valence electrons. The average Bonchev–Trinajstić information content (AvgIpc) is 3.04. The summed E-state index contributed by atoms with van der Waals surface area (Å²) in [5.41, 5.74) is 3.96. The van der Waals surface area contributed by atoms with Gasteiger partial charge < -0.3 is 15.4 Å². The first kappa shape index (κ1) is 15.8. The highest BCUT2D eigenvalue weighted by atomic mass is 16.5. The van der Waals surface area contributed by atoms with Crippen molar-refractivity contribution in [1.82, 2.24) is 15.6 Å².